The van der Waals surface area contributed by atoms with E-state index in [1.807, 2.05) is 0 Å². The zero-order valence-corrected chi connectivity index (χ0v) is 17.6. The molecule has 3 rings (SSSR count). The van der Waals surface area contributed by atoms with Crippen molar-refractivity contribution in [3.8, 4) is 0 Å². The molecule has 2 aliphatic rings. The molecule has 0 radical (unpaired) electrons. The number of ether oxygens (including phenoxy) is 1. The highest BCUT2D eigenvalue weighted by molar-refractivity contribution is 7.81. The minimum Gasteiger partial charge on any atom is -0.462 e. The summed E-state index contributed by atoms with van der Waals surface area (Å²) in [7, 11) is 0. The average molecular weight is 430 g/mol. The summed E-state index contributed by atoms with van der Waals surface area (Å²) in [6, 6.07) is 3.46. The van der Waals surface area contributed by atoms with Crippen LogP contribution in [0.25, 0.3) is 0 Å². The lowest BCUT2D eigenvalue weighted by Crippen LogP contribution is -2.33. The van der Waals surface area contributed by atoms with Crippen molar-refractivity contribution >= 4 is 47.7 Å². The zero-order chi connectivity index (χ0) is 19.4. The highest BCUT2D eigenvalue weighted by Crippen LogP contribution is 2.38. The first-order valence-electron chi connectivity index (χ1n) is 9.53. The molecule has 0 aromatic heterocycles. The summed E-state index contributed by atoms with van der Waals surface area (Å²) >= 11 is 16.7. The molecule has 0 bridgehead atoms. The number of benzene rings is 1. The second-order valence-electron chi connectivity index (χ2n) is 7.54. The molecule has 2 aliphatic carbocycles. The summed E-state index contributed by atoms with van der Waals surface area (Å²) in [4.78, 5) is 23.9. The predicted molar refractivity (Wildman–Crippen MR) is 111 cm³/mol. The predicted octanol–water partition coefficient (Wildman–Crippen LogP) is 4.71. The number of amides is 1. The van der Waals surface area contributed by atoms with Crippen molar-refractivity contribution in [1.82, 2.24) is 5.32 Å². The Morgan fingerprint density at radius 3 is 2.37 bits per heavy atom. The molecule has 27 heavy (non-hydrogen) atoms. The fraction of sp³-hybridized carbons (Fsp3) is 0.600. The highest BCUT2D eigenvalue weighted by atomic mass is 35.5. The van der Waals surface area contributed by atoms with Crippen molar-refractivity contribution in [2.45, 2.75) is 51.0 Å². The van der Waals surface area contributed by atoms with Crippen molar-refractivity contribution < 1.29 is 14.3 Å². The van der Waals surface area contributed by atoms with Gasteiger partial charge in [0.15, 0.2) is 0 Å². The van der Waals surface area contributed by atoms with E-state index in [-0.39, 0.29) is 23.7 Å². The number of hydrogen-bond donors (Lipinski definition) is 2. The van der Waals surface area contributed by atoms with Crippen LogP contribution in [0.3, 0.4) is 0 Å². The standard InChI is InChI=1S/C20H25Cl2NO3S/c21-17-8-7-15(19(22)16(17)9-12-1-2-12)20(25)23-10-13-3-5-14(6-4-13)26-18(24)11-27/h7-8,12-14,27H,1-6,9-11H2,(H,23,25). The fourth-order valence-electron chi connectivity index (χ4n) is 3.58. The second-order valence-corrected chi connectivity index (χ2v) is 8.64. The van der Waals surface area contributed by atoms with Gasteiger partial charge in [0, 0.05) is 11.6 Å². The summed E-state index contributed by atoms with van der Waals surface area (Å²) in [6.07, 6.45) is 6.73. The Bertz CT molecular complexity index is 701. The van der Waals surface area contributed by atoms with Crippen molar-refractivity contribution in [2.75, 3.05) is 12.3 Å². The molecule has 4 nitrogen and oxygen atoms in total. The van der Waals surface area contributed by atoms with Crippen LogP contribution in [0.4, 0.5) is 0 Å². The molecule has 0 heterocycles. The van der Waals surface area contributed by atoms with Crippen LogP contribution >= 0.6 is 35.8 Å². The lowest BCUT2D eigenvalue weighted by molar-refractivity contribution is -0.147. The monoisotopic (exact) mass is 429 g/mol. The van der Waals surface area contributed by atoms with Gasteiger partial charge in [0.2, 0.25) is 0 Å². The van der Waals surface area contributed by atoms with E-state index in [0.29, 0.717) is 34.0 Å². The number of hydrogen-bond acceptors (Lipinski definition) is 4. The maximum atomic E-state index is 12.6. The Labute approximate surface area is 175 Å². The van der Waals surface area contributed by atoms with Crippen LogP contribution in [-0.2, 0) is 16.0 Å². The van der Waals surface area contributed by atoms with E-state index in [1.54, 1.807) is 12.1 Å². The average Bonchev–Trinajstić information content (AvgIpc) is 3.48. The third kappa shape index (κ3) is 5.78. The minimum atomic E-state index is -0.269. The van der Waals surface area contributed by atoms with Gasteiger partial charge in [0.25, 0.3) is 5.91 Å². The van der Waals surface area contributed by atoms with Gasteiger partial charge < -0.3 is 10.1 Å². The second kappa shape index (κ2) is 9.53. The van der Waals surface area contributed by atoms with E-state index in [9.17, 15) is 9.59 Å². The summed E-state index contributed by atoms with van der Waals surface area (Å²) in [6.45, 7) is 0.600. The van der Waals surface area contributed by atoms with Gasteiger partial charge in [-0.3, -0.25) is 9.59 Å². The van der Waals surface area contributed by atoms with E-state index >= 15 is 0 Å². The fourth-order valence-corrected chi connectivity index (χ4v) is 4.27. The van der Waals surface area contributed by atoms with Gasteiger partial charge in [-0.1, -0.05) is 23.2 Å². The molecule has 1 aromatic rings. The van der Waals surface area contributed by atoms with Gasteiger partial charge in [-0.05, 0) is 74.5 Å². The Kier molecular flexibility index (Phi) is 7.35. The van der Waals surface area contributed by atoms with E-state index in [0.717, 1.165) is 37.7 Å². The number of halogens is 2. The highest BCUT2D eigenvalue weighted by Gasteiger charge is 2.27. The Hall–Kier alpha value is -0.910. The van der Waals surface area contributed by atoms with Gasteiger partial charge in [-0.2, -0.15) is 12.6 Å². The normalized spacial score (nSPS) is 22.3. The van der Waals surface area contributed by atoms with Crippen LogP contribution in [0.5, 0.6) is 0 Å². The summed E-state index contributed by atoms with van der Waals surface area (Å²) < 4.78 is 5.33. The molecule has 1 amide bonds. The lowest BCUT2D eigenvalue weighted by atomic mass is 9.87. The number of nitrogens with one attached hydrogen (secondary N) is 1. The smallest absolute Gasteiger partial charge is 0.315 e. The molecule has 1 aromatic carbocycles. The first-order chi connectivity index (χ1) is 13.0. The number of carbonyl (C=O) groups excluding carboxylic acids is 2. The number of thiol groups is 1. The number of rotatable bonds is 7. The van der Waals surface area contributed by atoms with Crippen molar-refractivity contribution in [3.63, 3.8) is 0 Å². The van der Waals surface area contributed by atoms with E-state index < -0.39 is 0 Å². The Morgan fingerprint density at radius 1 is 1.07 bits per heavy atom. The van der Waals surface area contributed by atoms with Crippen LogP contribution < -0.4 is 5.32 Å². The molecule has 1 N–H and O–H groups in total. The van der Waals surface area contributed by atoms with Crippen LogP contribution in [0, 0.1) is 11.8 Å². The molecular formula is C20H25Cl2NO3S. The molecule has 0 atom stereocenters. The molecule has 2 fully saturated rings. The number of esters is 1. The van der Waals surface area contributed by atoms with Gasteiger partial charge in [-0.15, -0.1) is 0 Å². The zero-order valence-electron chi connectivity index (χ0n) is 15.2. The van der Waals surface area contributed by atoms with Crippen LogP contribution in [0.15, 0.2) is 12.1 Å². The van der Waals surface area contributed by atoms with Gasteiger partial charge in [0.05, 0.1) is 16.3 Å². The van der Waals surface area contributed by atoms with Crippen LogP contribution in [0.1, 0.15) is 54.4 Å². The molecule has 0 saturated heterocycles. The minimum absolute atomic E-state index is 0.0210. The van der Waals surface area contributed by atoms with Gasteiger partial charge >= 0.3 is 5.97 Å². The molecular weight excluding hydrogens is 405 g/mol. The summed E-state index contributed by atoms with van der Waals surface area (Å²) in [5.41, 5.74) is 1.38. The maximum absolute atomic E-state index is 12.6. The van der Waals surface area contributed by atoms with Crippen LogP contribution in [-0.4, -0.2) is 30.3 Å². The van der Waals surface area contributed by atoms with E-state index in [2.05, 4.69) is 17.9 Å². The van der Waals surface area contributed by atoms with Crippen molar-refractivity contribution in [3.05, 3.63) is 33.3 Å². The summed E-state index contributed by atoms with van der Waals surface area (Å²) in [5.74, 6) is 0.717. The Morgan fingerprint density at radius 2 is 1.74 bits per heavy atom. The molecule has 0 spiro atoms. The molecule has 0 unspecified atom stereocenters. The lowest BCUT2D eigenvalue weighted by Gasteiger charge is -2.28. The quantitative estimate of drug-likeness (QED) is 0.487. The summed E-state index contributed by atoms with van der Waals surface area (Å²) in [5, 5.41) is 4.12. The van der Waals surface area contributed by atoms with Gasteiger partial charge in [-0.25, -0.2) is 0 Å². The van der Waals surface area contributed by atoms with Crippen molar-refractivity contribution in [2.24, 2.45) is 11.8 Å². The number of carbonyl (C=O) groups is 2. The third-order valence-corrected chi connectivity index (χ3v) is 6.44. The Balaban J connectivity index is 1.50. The molecule has 148 valence electrons. The van der Waals surface area contributed by atoms with E-state index in [1.165, 1.54) is 12.8 Å². The molecule has 7 heteroatoms. The van der Waals surface area contributed by atoms with E-state index in [4.69, 9.17) is 27.9 Å². The molecule has 2 saturated carbocycles. The first kappa shape index (κ1) is 20.8. The molecule has 0 aliphatic heterocycles. The first-order valence-corrected chi connectivity index (χ1v) is 10.9. The SMILES string of the molecule is O=C(CS)OC1CCC(CNC(=O)c2ccc(Cl)c(CC3CC3)c2Cl)CC1. The van der Waals surface area contributed by atoms with Crippen LogP contribution in [0.2, 0.25) is 10.0 Å². The largest absolute Gasteiger partial charge is 0.462 e. The van der Waals surface area contributed by atoms with Gasteiger partial charge in [0.1, 0.15) is 6.10 Å². The third-order valence-electron chi connectivity index (χ3n) is 5.39. The topological polar surface area (TPSA) is 55.4 Å². The van der Waals surface area contributed by atoms with Crippen molar-refractivity contribution in [1.29, 1.82) is 0 Å². The maximum Gasteiger partial charge on any atom is 0.315 e.